The SMILES string of the molecule is C=CCNCCCCC(OP(=O)(Oc1ccccc1)Oc1ccccc1)C(C)(C)[N+](=O)[O-]. The molecule has 0 heterocycles. The maximum Gasteiger partial charge on any atom is 0.588 e. The maximum absolute atomic E-state index is 13.7. The molecular weight excluding hydrogens is 431 g/mol. The van der Waals surface area contributed by atoms with Crippen LogP contribution >= 0.6 is 7.82 Å². The highest BCUT2D eigenvalue weighted by Gasteiger charge is 2.47. The van der Waals surface area contributed by atoms with E-state index >= 15 is 0 Å². The van der Waals surface area contributed by atoms with Crippen molar-refractivity contribution in [1.82, 2.24) is 5.32 Å². The number of hydrogen-bond donors (Lipinski definition) is 1. The number of phosphoric ester groups is 1. The van der Waals surface area contributed by atoms with Crippen LogP contribution in [0.1, 0.15) is 33.1 Å². The zero-order valence-electron chi connectivity index (χ0n) is 18.5. The number of nitrogens with one attached hydrogen (secondary N) is 1. The van der Waals surface area contributed by atoms with Crippen molar-refractivity contribution in [3.8, 4) is 11.5 Å². The summed E-state index contributed by atoms with van der Waals surface area (Å²) in [5.74, 6) is 0.552. The van der Waals surface area contributed by atoms with Gasteiger partial charge < -0.3 is 14.4 Å². The molecule has 9 heteroatoms. The van der Waals surface area contributed by atoms with Crippen molar-refractivity contribution in [2.24, 2.45) is 0 Å². The molecule has 174 valence electrons. The third kappa shape index (κ3) is 8.11. The Hall–Kier alpha value is -2.67. The minimum absolute atomic E-state index is 0.276. The number of hydrogen-bond acceptors (Lipinski definition) is 7. The van der Waals surface area contributed by atoms with Gasteiger partial charge in [0.05, 0.1) is 0 Å². The number of benzene rings is 2. The van der Waals surface area contributed by atoms with Gasteiger partial charge in [0.2, 0.25) is 5.54 Å². The summed E-state index contributed by atoms with van der Waals surface area (Å²) in [7, 11) is -4.25. The normalized spacial score (nSPS) is 12.7. The zero-order chi connectivity index (χ0) is 23.5. The van der Waals surface area contributed by atoms with Gasteiger partial charge in [-0.2, -0.15) is 0 Å². The van der Waals surface area contributed by atoms with Gasteiger partial charge in [0.1, 0.15) is 17.6 Å². The molecule has 32 heavy (non-hydrogen) atoms. The molecular formula is C23H31N2O6P. The van der Waals surface area contributed by atoms with Crippen molar-refractivity contribution >= 4 is 7.82 Å². The molecule has 0 aliphatic heterocycles. The standard InChI is InChI=1S/C23H31N2O6P/c1-4-18-24-19-12-11-17-22(23(2,3)25(26)27)31-32(28,29-20-13-7-5-8-14-20)30-21-15-9-6-10-16-21/h4-10,13-16,22,24H,1,11-12,17-19H2,2-3H3. The second kappa shape index (κ2) is 12.4. The molecule has 0 aromatic heterocycles. The van der Waals surface area contributed by atoms with E-state index in [1.54, 1.807) is 66.7 Å². The highest BCUT2D eigenvalue weighted by molar-refractivity contribution is 7.49. The van der Waals surface area contributed by atoms with Crippen LogP contribution in [0.15, 0.2) is 73.3 Å². The summed E-state index contributed by atoms with van der Waals surface area (Å²) in [6.07, 6.45) is 2.47. The van der Waals surface area contributed by atoms with E-state index in [2.05, 4.69) is 11.9 Å². The molecule has 2 rings (SSSR count). The van der Waals surface area contributed by atoms with Crippen molar-refractivity contribution in [3.63, 3.8) is 0 Å². The third-order valence-corrected chi connectivity index (χ3v) is 6.18. The van der Waals surface area contributed by atoms with E-state index in [-0.39, 0.29) is 11.5 Å². The molecule has 0 saturated heterocycles. The second-order valence-corrected chi connectivity index (χ2v) is 9.22. The summed E-state index contributed by atoms with van der Waals surface area (Å²) >= 11 is 0. The van der Waals surface area contributed by atoms with Crippen LogP contribution in [-0.4, -0.2) is 29.7 Å². The second-order valence-electron chi connectivity index (χ2n) is 7.75. The molecule has 0 aliphatic carbocycles. The van der Waals surface area contributed by atoms with E-state index in [1.165, 1.54) is 13.8 Å². The van der Waals surface area contributed by atoms with E-state index in [9.17, 15) is 14.7 Å². The highest BCUT2D eigenvalue weighted by atomic mass is 31.2. The predicted molar refractivity (Wildman–Crippen MR) is 125 cm³/mol. The molecule has 8 nitrogen and oxygen atoms in total. The van der Waals surface area contributed by atoms with Gasteiger partial charge in [-0.05, 0) is 50.1 Å². The Morgan fingerprint density at radius 2 is 1.59 bits per heavy atom. The number of rotatable bonds is 15. The molecule has 0 bridgehead atoms. The predicted octanol–water partition coefficient (Wildman–Crippen LogP) is 5.64. The molecule has 0 saturated carbocycles. The number of para-hydroxylation sites is 2. The fourth-order valence-electron chi connectivity index (χ4n) is 2.87. The first-order valence-corrected chi connectivity index (χ1v) is 12.0. The van der Waals surface area contributed by atoms with Gasteiger partial charge in [0.25, 0.3) is 0 Å². The Morgan fingerprint density at radius 3 is 2.06 bits per heavy atom. The molecule has 0 spiro atoms. The monoisotopic (exact) mass is 462 g/mol. The van der Waals surface area contributed by atoms with Crippen LogP contribution in [0, 0.1) is 10.1 Å². The molecule has 0 aliphatic rings. The molecule has 0 fully saturated rings. The molecule has 1 N–H and O–H groups in total. The fourth-order valence-corrected chi connectivity index (χ4v) is 4.43. The first-order chi connectivity index (χ1) is 15.3. The largest absolute Gasteiger partial charge is 0.588 e. The smallest absolute Gasteiger partial charge is 0.395 e. The van der Waals surface area contributed by atoms with Gasteiger partial charge in [-0.1, -0.05) is 42.5 Å². The number of nitro groups is 1. The lowest BCUT2D eigenvalue weighted by Gasteiger charge is -2.29. The summed E-state index contributed by atoms with van der Waals surface area (Å²) in [5, 5.41) is 15.0. The Bertz CT molecular complexity index is 846. The summed E-state index contributed by atoms with van der Waals surface area (Å²) in [4.78, 5) is 11.3. The third-order valence-electron chi connectivity index (χ3n) is 4.79. The van der Waals surface area contributed by atoms with Crippen LogP contribution in [0.2, 0.25) is 0 Å². The van der Waals surface area contributed by atoms with Crippen LogP contribution in [0.5, 0.6) is 11.5 Å². The van der Waals surface area contributed by atoms with Crippen LogP contribution in [0.25, 0.3) is 0 Å². The first-order valence-electron chi connectivity index (χ1n) is 10.5. The van der Waals surface area contributed by atoms with E-state index in [0.29, 0.717) is 19.4 Å². The van der Waals surface area contributed by atoms with Crippen LogP contribution in [-0.2, 0) is 9.09 Å². The minimum Gasteiger partial charge on any atom is -0.395 e. The molecule has 0 amide bonds. The maximum atomic E-state index is 13.7. The number of phosphoric acid groups is 1. The summed E-state index contributed by atoms with van der Waals surface area (Å²) in [6, 6.07) is 16.9. The van der Waals surface area contributed by atoms with Gasteiger partial charge in [-0.25, -0.2) is 4.57 Å². The van der Waals surface area contributed by atoms with Crippen molar-refractivity contribution < 1.29 is 23.1 Å². The van der Waals surface area contributed by atoms with Gasteiger partial charge in [-0.3, -0.25) is 14.6 Å². The van der Waals surface area contributed by atoms with Crippen molar-refractivity contribution in [2.45, 2.75) is 44.8 Å². The number of nitrogens with zero attached hydrogens (tertiary/aromatic N) is 1. The molecule has 2 aromatic carbocycles. The van der Waals surface area contributed by atoms with Crippen molar-refractivity contribution in [1.29, 1.82) is 0 Å². The zero-order valence-corrected chi connectivity index (χ0v) is 19.4. The van der Waals surface area contributed by atoms with Gasteiger partial charge in [0.15, 0.2) is 0 Å². The van der Waals surface area contributed by atoms with Crippen LogP contribution in [0.4, 0.5) is 0 Å². The summed E-state index contributed by atoms with van der Waals surface area (Å²) < 4.78 is 30.8. The van der Waals surface area contributed by atoms with Gasteiger partial charge in [0, 0.05) is 25.3 Å². The lowest BCUT2D eigenvalue weighted by Crippen LogP contribution is -2.45. The average molecular weight is 462 g/mol. The van der Waals surface area contributed by atoms with E-state index < -0.39 is 24.4 Å². The van der Waals surface area contributed by atoms with Crippen LogP contribution in [0.3, 0.4) is 0 Å². The average Bonchev–Trinajstić information content (AvgIpc) is 2.76. The summed E-state index contributed by atoms with van der Waals surface area (Å²) in [5.41, 5.74) is -1.51. The molecule has 1 unspecified atom stereocenters. The quantitative estimate of drug-likeness (QED) is 0.120. The van der Waals surface area contributed by atoms with Gasteiger partial charge >= 0.3 is 7.82 Å². The first kappa shape index (κ1) is 25.6. The van der Waals surface area contributed by atoms with Gasteiger partial charge in [-0.15, -0.1) is 6.58 Å². The Labute approximate surface area is 189 Å². The molecule has 2 aromatic rings. The van der Waals surface area contributed by atoms with Crippen molar-refractivity contribution in [3.05, 3.63) is 83.4 Å². The lowest BCUT2D eigenvalue weighted by atomic mass is 9.94. The Morgan fingerprint density at radius 1 is 1.06 bits per heavy atom. The number of unbranched alkanes of at least 4 members (excludes halogenated alkanes) is 1. The topological polar surface area (TPSA) is 99.9 Å². The lowest BCUT2D eigenvalue weighted by molar-refractivity contribution is -0.572. The van der Waals surface area contributed by atoms with Crippen LogP contribution < -0.4 is 14.4 Å². The summed E-state index contributed by atoms with van der Waals surface area (Å²) in [6.45, 7) is 7.96. The fraction of sp³-hybridized carbons (Fsp3) is 0.391. The Balaban J connectivity index is 2.23. The van der Waals surface area contributed by atoms with E-state index in [1.807, 2.05) is 0 Å². The van der Waals surface area contributed by atoms with E-state index in [0.717, 1.165) is 13.0 Å². The molecule has 0 radical (unpaired) electrons. The molecule has 1 atom stereocenters. The van der Waals surface area contributed by atoms with E-state index in [4.69, 9.17) is 13.6 Å². The van der Waals surface area contributed by atoms with Crippen molar-refractivity contribution in [2.75, 3.05) is 13.1 Å². The Kier molecular flexibility index (Phi) is 9.91. The minimum atomic E-state index is -4.25. The highest BCUT2D eigenvalue weighted by Crippen LogP contribution is 2.52.